The first-order valence-electron chi connectivity index (χ1n) is 19.2. The third kappa shape index (κ3) is 11.4. The molecular formula is C43H57F2N7O3. The van der Waals surface area contributed by atoms with Gasteiger partial charge in [0.1, 0.15) is 18.2 Å². The number of fused-ring (bicyclic) bond motifs is 1. The number of amidine groups is 1. The van der Waals surface area contributed by atoms with E-state index >= 15 is 8.78 Å². The van der Waals surface area contributed by atoms with Crippen LogP contribution >= 0.6 is 0 Å². The fourth-order valence-corrected chi connectivity index (χ4v) is 6.22. The number of amides is 1. The molecule has 0 bridgehead atoms. The molecule has 296 valence electrons. The summed E-state index contributed by atoms with van der Waals surface area (Å²) < 4.78 is 44.2. The van der Waals surface area contributed by atoms with Crippen molar-refractivity contribution in [2.75, 3.05) is 52.2 Å². The van der Waals surface area contributed by atoms with Crippen molar-refractivity contribution in [2.24, 2.45) is 10.1 Å². The van der Waals surface area contributed by atoms with Crippen LogP contribution in [0.5, 0.6) is 5.75 Å². The standard InChI is InChI=1S/C43H57F2N7O3/c1-9-14-15-21-46-43(48-37-27-36(45)39(28-35(37)44)55-34-20-23-52(47-13-5)32(26-34)17-10-2)41(31(6)12-4)42-38(18-11-3)51-25-24-50(29-33(51)30-54-42)40(53)19-16-22-49(7)8/h12-13,15-21,23,26-28,33H,9-11,14,22,24-25,29-30H2,1-8H3,(H,46,48)/b19-16+,21-15+,31-12-,32-17+,38-18-,42-41-,47-13-. The Morgan fingerprint density at radius 2 is 1.87 bits per heavy atom. The van der Waals surface area contributed by atoms with Gasteiger partial charge >= 0.3 is 0 Å². The van der Waals surface area contributed by atoms with E-state index in [1.54, 1.807) is 41.9 Å². The first kappa shape index (κ1) is 42.5. The van der Waals surface area contributed by atoms with Gasteiger partial charge in [0.25, 0.3) is 0 Å². The van der Waals surface area contributed by atoms with Gasteiger partial charge in [-0.15, -0.1) is 0 Å². The van der Waals surface area contributed by atoms with Gasteiger partial charge < -0.3 is 29.5 Å². The summed E-state index contributed by atoms with van der Waals surface area (Å²) in [6, 6.07) is 2.05. The maximum Gasteiger partial charge on any atom is 0.246 e. The Hall–Kier alpha value is -5.23. The molecule has 4 rings (SSSR count). The van der Waals surface area contributed by atoms with Crippen molar-refractivity contribution in [1.82, 2.24) is 19.7 Å². The van der Waals surface area contributed by atoms with E-state index in [0.29, 0.717) is 55.7 Å². The van der Waals surface area contributed by atoms with Crippen molar-refractivity contribution in [2.45, 2.75) is 73.3 Å². The fraction of sp³-hybridized carbons (Fsp3) is 0.419. The first-order chi connectivity index (χ1) is 26.5. The number of unbranched alkanes of at least 4 members (excludes halogenated alkanes) is 1. The van der Waals surface area contributed by atoms with Gasteiger partial charge in [-0.25, -0.2) is 18.8 Å². The number of benzene rings is 1. The van der Waals surface area contributed by atoms with E-state index in [1.807, 2.05) is 75.9 Å². The van der Waals surface area contributed by atoms with Gasteiger partial charge in [-0.2, -0.15) is 5.10 Å². The smallest absolute Gasteiger partial charge is 0.246 e. The quantitative estimate of drug-likeness (QED) is 0.116. The summed E-state index contributed by atoms with van der Waals surface area (Å²) in [4.78, 5) is 24.0. The van der Waals surface area contributed by atoms with E-state index in [9.17, 15) is 4.79 Å². The number of ether oxygens (including phenoxy) is 2. The SMILES string of the molecule is C/C=N\N1C=CC(Oc2cc(F)c(NC(=N\C=C\CCC)/C(C(/C)=C\C)=C3\OCC4CN(C(=O)/C=C/CN(C)C)CCN4\C3=C/CC)cc2F)=C/C1=C\CC. The third-order valence-corrected chi connectivity index (χ3v) is 9.03. The summed E-state index contributed by atoms with van der Waals surface area (Å²) in [7, 11) is 3.92. The van der Waals surface area contributed by atoms with Gasteiger partial charge in [0.2, 0.25) is 5.91 Å². The third-order valence-electron chi connectivity index (χ3n) is 9.03. The number of halogens is 2. The number of nitrogens with one attached hydrogen (secondary N) is 1. The van der Waals surface area contributed by atoms with Crippen LogP contribution in [0.1, 0.15) is 67.2 Å². The van der Waals surface area contributed by atoms with Crippen LogP contribution in [0.3, 0.4) is 0 Å². The minimum Gasteiger partial charge on any atom is -0.488 e. The highest BCUT2D eigenvalue weighted by Crippen LogP contribution is 2.35. The topological polar surface area (TPSA) is 85.2 Å². The molecule has 12 heteroatoms. The molecule has 0 radical (unpaired) electrons. The average Bonchev–Trinajstić information content (AvgIpc) is 3.16. The lowest BCUT2D eigenvalue weighted by Crippen LogP contribution is -2.57. The molecule has 3 aliphatic heterocycles. The molecule has 0 saturated carbocycles. The lowest BCUT2D eigenvalue weighted by Gasteiger charge is -2.47. The molecule has 2 saturated heterocycles. The van der Waals surface area contributed by atoms with E-state index < -0.39 is 11.6 Å². The summed E-state index contributed by atoms with van der Waals surface area (Å²) in [6.07, 6.45) is 23.1. The predicted octanol–water partition coefficient (Wildman–Crippen LogP) is 8.66. The van der Waals surface area contributed by atoms with Crippen molar-refractivity contribution in [3.8, 4) is 5.75 Å². The highest BCUT2D eigenvalue weighted by molar-refractivity contribution is 6.12. The van der Waals surface area contributed by atoms with Gasteiger partial charge in [0.15, 0.2) is 23.1 Å². The molecule has 0 aromatic heterocycles. The monoisotopic (exact) mass is 757 g/mol. The lowest BCUT2D eigenvalue weighted by atomic mass is 9.98. The van der Waals surface area contributed by atoms with Crippen LogP contribution in [-0.4, -0.2) is 90.6 Å². The number of allylic oxidation sites excluding steroid dienone is 6. The van der Waals surface area contributed by atoms with Gasteiger partial charge in [-0.3, -0.25) is 4.79 Å². The van der Waals surface area contributed by atoms with Crippen molar-refractivity contribution >= 4 is 23.6 Å². The molecule has 1 aromatic carbocycles. The number of likely N-dealkylation sites (N-methyl/N-ethyl adjacent to an activating group) is 1. The molecule has 55 heavy (non-hydrogen) atoms. The number of hydrogen-bond acceptors (Lipinski definition) is 8. The highest BCUT2D eigenvalue weighted by Gasteiger charge is 2.37. The molecule has 1 amide bonds. The number of aliphatic imine (C=N–C) groups is 1. The normalized spacial score (nSPS) is 20.7. The number of anilines is 1. The zero-order valence-electron chi connectivity index (χ0n) is 33.6. The number of carbonyl (C=O) groups is 1. The number of piperazine rings is 1. The largest absolute Gasteiger partial charge is 0.488 e. The van der Waals surface area contributed by atoms with E-state index in [-0.39, 0.29) is 23.4 Å². The van der Waals surface area contributed by atoms with Crippen molar-refractivity contribution in [3.05, 3.63) is 119 Å². The van der Waals surface area contributed by atoms with Crippen LogP contribution in [-0.2, 0) is 9.53 Å². The van der Waals surface area contributed by atoms with Gasteiger partial charge in [0, 0.05) is 69.1 Å². The molecule has 3 heterocycles. The minimum atomic E-state index is -0.752. The second-order valence-corrected chi connectivity index (χ2v) is 13.5. The van der Waals surface area contributed by atoms with Gasteiger partial charge in [-0.05, 0) is 65.8 Å². The van der Waals surface area contributed by atoms with E-state index in [0.717, 1.165) is 54.8 Å². The minimum absolute atomic E-state index is 0.0178. The van der Waals surface area contributed by atoms with Crippen molar-refractivity contribution in [1.29, 1.82) is 0 Å². The second kappa shape index (κ2) is 21.0. The van der Waals surface area contributed by atoms with Crippen molar-refractivity contribution < 1.29 is 23.0 Å². The molecule has 10 nitrogen and oxygen atoms in total. The number of nitrogens with zero attached hydrogens (tertiary/aromatic N) is 6. The van der Waals surface area contributed by atoms with Crippen LogP contribution in [0.25, 0.3) is 0 Å². The zero-order chi connectivity index (χ0) is 39.9. The Labute approximate surface area is 325 Å². The Morgan fingerprint density at radius 3 is 2.56 bits per heavy atom. The second-order valence-electron chi connectivity index (χ2n) is 13.5. The molecule has 2 fully saturated rings. The summed E-state index contributed by atoms with van der Waals surface area (Å²) in [5, 5.41) is 9.10. The first-order valence-corrected chi connectivity index (χ1v) is 19.2. The maximum absolute atomic E-state index is 16.0. The van der Waals surface area contributed by atoms with Crippen LogP contribution < -0.4 is 10.1 Å². The Morgan fingerprint density at radius 1 is 1.09 bits per heavy atom. The van der Waals surface area contributed by atoms with E-state index in [2.05, 4.69) is 35.2 Å². The number of rotatable bonds is 14. The number of hydrazone groups is 1. The molecule has 1 N–H and O–H groups in total. The molecule has 1 atom stereocenters. The Bertz CT molecular complexity index is 1830. The van der Waals surface area contributed by atoms with Gasteiger partial charge in [0.05, 0.1) is 28.7 Å². The van der Waals surface area contributed by atoms with E-state index in [1.165, 1.54) is 0 Å². The number of carbonyl (C=O) groups excluding carboxylic acids is 1. The summed E-state index contributed by atoms with van der Waals surface area (Å²) in [6.45, 7) is 14.5. The van der Waals surface area contributed by atoms with Crippen molar-refractivity contribution in [3.63, 3.8) is 0 Å². The number of hydrogen-bond donors (Lipinski definition) is 1. The molecule has 0 aliphatic carbocycles. The average molecular weight is 758 g/mol. The molecular weight excluding hydrogens is 701 g/mol. The number of morpholine rings is 1. The van der Waals surface area contributed by atoms with Crippen LogP contribution in [0.4, 0.5) is 14.5 Å². The molecule has 1 aromatic rings. The van der Waals surface area contributed by atoms with Crippen LogP contribution in [0.2, 0.25) is 0 Å². The Kier molecular flexibility index (Phi) is 16.2. The van der Waals surface area contributed by atoms with E-state index in [4.69, 9.17) is 14.5 Å². The summed E-state index contributed by atoms with van der Waals surface area (Å²) >= 11 is 0. The van der Waals surface area contributed by atoms with Crippen LogP contribution in [0.15, 0.2) is 117 Å². The predicted molar refractivity (Wildman–Crippen MR) is 219 cm³/mol. The molecule has 1 unspecified atom stereocenters. The lowest BCUT2D eigenvalue weighted by molar-refractivity contribution is -0.129. The zero-order valence-corrected chi connectivity index (χ0v) is 33.6. The fourth-order valence-electron chi connectivity index (χ4n) is 6.22. The highest BCUT2D eigenvalue weighted by atomic mass is 19.1. The van der Waals surface area contributed by atoms with Gasteiger partial charge in [-0.1, -0.05) is 57.6 Å². The molecule has 0 spiro atoms. The molecule has 3 aliphatic rings. The Balaban J connectivity index is 1.69. The summed E-state index contributed by atoms with van der Waals surface area (Å²) in [5.41, 5.74) is 2.98. The summed E-state index contributed by atoms with van der Waals surface area (Å²) in [5.74, 6) is -0.519. The van der Waals surface area contributed by atoms with Crippen LogP contribution in [0, 0.1) is 11.6 Å². The maximum atomic E-state index is 16.0.